The zero-order valence-corrected chi connectivity index (χ0v) is 13.4. The Bertz CT molecular complexity index is 700. The summed E-state index contributed by atoms with van der Waals surface area (Å²) in [7, 11) is 0. The van der Waals surface area contributed by atoms with Crippen molar-refractivity contribution in [1.82, 2.24) is 4.90 Å². The van der Waals surface area contributed by atoms with E-state index in [-0.39, 0.29) is 6.04 Å². The molecular weight excluding hydrogens is 282 g/mol. The van der Waals surface area contributed by atoms with E-state index >= 15 is 0 Å². The van der Waals surface area contributed by atoms with E-state index in [9.17, 15) is 0 Å². The summed E-state index contributed by atoms with van der Waals surface area (Å²) in [6.07, 6.45) is 2.51. The van der Waals surface area contributed by atoms with Crippen LogP contribution >= 0.6 is 0 Å². The number of hydrogen-bond donors (Lipinski definition) is 1. The van der Waals surface area contributed by atoms with Gasteiger partial charge >= 0.3 is 0 Å². The number of nitrogens with zero attached hydrogens (tertiary/aromatic N) is 2. The third-order valence-electron chi connectivity index (χ3n) is 5.15. The number of piperidine rings is 3. The fraction of sp³-hybridized carbons (Fsp3) is 0.350. The summed E-state index contributed by atoms with van der Waals surface area (Å²) in [6.45, 7) is 3.49. The second-order valence-electron chi connectivity index (χ2n) is 6.61. The molecule has 0 aliphatic carbocycles. The van der Waals surface area contributed by atoms with Crippen molar-refractivity contribution in [3.8, 4) is 0 Å². The average molecular weight is 305 g/mol. The second kappa shape index (κ2) is 6.17. The number of hydrogen-bond acceptors (Lipinski definition) is 3. The first kappa shape index (κ1) is 14.5. The summed E-state index contributed by atoms with van der Waals surface area (Å²) in [5.74, 6) is 0.663. The Hall–Kier alpha value is -2.13. The van der Waals surface area contributed by atoms with Crippen molar-refractivity contribution < 1.29 is 0 Å². The molecule has 118 valence electrons. The SMILES string of the molecule is Nc1ccccc1C(N=C1CN2CCC1CC2)c1ccccc1. The number of rotatable bonds is 3. The van der Waals surface area contributed by atoms with Gasteiger partial charge in [0.15, 0.2) is 0 Å². The molecule has 2 bridgehead atoms. The average Bonchev–Trinajstić information content (AvgIpc) is 2.62. The van der Waals surface area contributed by atoms with Gasteiger partial charge in [-0.2, -0.15) is 0 Å². The van der Waals surface area contributed by atoms with Gasteiger partial charge in [0.2, 0.25) is 0 Å². The molecule has 3 fully saturated rings. The number of anilines is 1. The summed E-state index contributed by atoms with van der Waals surface area (Å²) >= 11 is 0. The van der Waals surface area contributed by atoms with Crippen molar-refractivity contribution in [3.05, 3.63) is 65.7 Å². The first-order valence-corrected chi connectivity index (χ1v) is 8.49. The number of benzene rings is 2. The lowest BCUT2D eigenvalue weighted by Crippen LogP contribution is -2.48. The normalized spacial score (nSPS) is 26.3. The third kappa shape index (κ3) is 2.89. The van der Waals surface area contributed by atoms with Crippen molar-refractivity contribution in [2.45, 2.75) is 18.9 Å². The topological polar surface area (TPSA) is 41.6 Å². The van der Waals surface area contributed by atoms with E-state index in [0.717, 1.165) is 17.8 Å². The molecule has 3 heteroatoms. The summed E-state index contributed by atoms with van der Waals surface area (Å²) in [5.41, 5.74) is 10.8. The van der Waals surface area contributed by atoms with Gasteiger partial charge in [0.05, 0.1) is 0 Å². The highest BCUT2D eigenvalue weighted by atomic mass is 15.2. The van der Waals surface area contributed by atoms with Crippen LogP contribution < -0.4 is 5.73 Å². The number of aliphatic imine (C=N–C) groups is 1. The van der Waals surface area contributed by atoms with Crippen LogP contribution in [0.25, 0.3) is 0 Å². The lowest BCUT2D eigenvalue weighted by Gasteiger charge is -2.40. The molecule has 2 aromatic rings. The predicted molar refractivity (Wildman–Crippen MR) is 95.7 cm³/mol. The molecule has 3 aliphatic heterocycles. The Morgan fingerprint density at radius 3 is 2.30 bits per heavy atom. The van der Waals surface area contributed by atoms with Crippen LogP contribution in [0.5, 0.6) is 0 Å². The Labute approximate surface area is 137 Å². The summed E-state index contributed by atoms with van der Waals surface area (Å²) < 4.78 is 0. The first-order valence-electron chi connectivity index (χ1n) is 8.49. The van der Waals surface area contributed by atoms with E-state index in [1.54, 1.807) is 0 Å². The van der Waals surface area contributed by atoms with Crippen LogP contribution in [0, 0.1) is 5.92 Å². The van der Waals surface area contributed by atoms with Crippen molar-refractivity contribution in [2.75, 3.05) is 25.4 Å². The predicted octanol–water partition coefficient (Wildman–Crippen LogP) is 3.52. The van der Waals surface area contributed by atoms with E-state index in [0.29, 0.717) is 5.92 Å². The fourth-order valence-corrected chi connectivity index (χ4v) is 3.81. The monoisotopic (exact) mass is 305 g/mol. The van der Waals surface area contributed by atoms with Gasteiger partial charge in [0.1, 0.15) is 6.04 Å². The minimum absolute atomic E-state index is 0.00736. The summed E-state index contributed by atoms with van der Waals surface area (Å²) in [6, 6.07) is 18.7. The van der Waals surface area contributed by atoms with Gasteiger partial charge < -0.3 is 5.73 Å². The number of nitrogen functional groups attached to an aromatic ring is 1. The first-order chi connectivity index (χ1) is 11.3. The van der Waals surface area contributed by atoms with Gasteiger partial charge in [-0.25, -0.2) is 0 Å². The number of fused-ring (bicyclic) bond motifs is 3. The number of para-hydroxylation sites is 1. The molecular formula is C20H23N3. The van der Waals surface area contributed by atoms with Gasteiger partial charge in [0, 0.05) is 29.4 Å². The Kier molecular flexibility index (Phi) is 3.88. The quantitative estimate of drug-likeness (QED) is 0.882. The Morgan fingerprint density at radius 1 is 0.957 bits per heavy atom. The molecule has 0 saturated carbocycles. The van der Waals surface area contributed by atoms with Crippen LogP contribution in [0.15, 0.2) is 59.6 Å². The maximum atomic E-state index is 6.26. The molecule has 3 aliphatic rings. The molecule has 2 N–H and O–H groups in total. The van der Waals surface area contributed by atoms with Crippen LogP contribution in [-0.2, 0) is 0 Å². The van der Waals surface area contributed by atoms with Crippen LogP contribution in [-0.4, -0.2) is 30.2 Å². The van der Waals surface area contributed by atoms with Gasteiger partial charge in [0.25, 0.3) is 0 Å². The van der Waals surface area contributed by atoms with E-state index in [4.69, 9.17) is 10.7 Å². The maximum Gasteiger partial charge on any atom is 0.102 e. The van der Waals surface area contributed by atoms with Gasteiger partial charge in [-0.3, -0.25) is 9.89 Å². The fourth-order valence-electron chi connectivity index (χ4n) is 3.81. The highest BCUT2D eigenvalue weighted by Gasteiger charge is 2.31. The van der Waals surface area contributed by atoms with Crippen LogP contribution in [0.1, 0.15) is 30.0 Å². The largest absolute Gasteiger partial charge is 0.398 e. The minimum Gasteiger partial charge on any atom is -0.398 e. The molecule has 0 radical (unpaired) electrons. The summed E-state index contributed by atoms with van der Waals surface area (Å²) in [5, 5.41) is 0. The van der Waals surface area contributed by atoms with Crippen molar-refractivity contribution >= 4 is 11.4 Å². The summed E-state index contributed by atoms with van der Waals surface area (Å²) in [4.78, 5) is 7.74. The van der Waals surface area contributed by atoms with Crippen LogP contribution in [0.4, 0.5) is 5.69 Å². The lowest BCUT2D eigenvalue weighted by atomic mass is 9.86. The Balaban J connectivity index is 1.76. The smallest absolute Gasteiger partial charge is 0.102 e. The molecule has 1 unspecified atom stereocenters. The standard InChI is InChI=1S/C20H23N3/c21-18-9-5-4-8-17(18)20(16-6-2-1-3-7-16)22-19-14-23-12-10-15(19)11-13-23/h1-9,15,20H,10-14,21H2. The molecule has 5 rings (SSSR count). The zero-order valence-electron chi connectivity index (χ0n) is 13.4. The molecule has 3 heterocycles. The van der Waals surface area contributed by atoms with Crippen LogP contribution in [0.3, 0.4) is 0 Å². The molecule has 2 aromatic carbocycles. The van der Waals surface area contributed by atoms with Crippen LogP contribution in [0.2, 0.25) is 0 Å². The molecule has 0 aromatic heterocycles. The van der Waals surface area contributed by atoms with E-state index in [1.165, 1.54) is 37.2 Å². The van der Waals surface area contributed by atoms with Gasteiger partial charge in [-0.1, -0.05) is 48.5 Å². The number of nitrogens with two attached hydrogens (primary N) is 1. The third-order valence-corrected chi connectivity index (χ3v) is 5.15. The minimum atomic E-state index is 0.00736. The highest BCUT2D eigenvalue weighted by molar-refractivity contribution is 5.90. The molecule has 1 atom stereocenters. The van der Waals surface area contributed by atoms with E-state index in [2.05, 4.69) is 47.4 Å². The maximum absolute atomic E-state index is 6.26. The highest BCUT2D eigenvalue weighted by Crippen LogP contribution is 2.33. The second-order valence-corrected chi connectivity index (χ2v) is 6.61. The molecule has 3 saturated heterocycles. The molecule has 0 spiro atoms. The van der Waals surface area contributed by atoms with E-state index in [1.807, 2.05) is 12.1 Å². The lowest BCUT2D eigenvalue weighted by molar-refractivity contribution is 0.200. The van der Waals surface area contributed by atoms with Crippen molar-refractivity contribution in [1.29, 1.82) is 0 Å². The van der Waals surface area contributed by atoms with Gasteiger partial charge in [-0.05, 0) is 37.6 Å². The molecule has 3 nitrogen and oxygen atoms in total. The Morgan fingerprint density at radius 2 is 1.65 bits per heavy atom. The molecule has 0 amide bonds. The van der Waals surface area contributed by atoms with Crippen molar-refractivity contribution in [3.63, 3.8) is 0 Å². The van der Waals surface area contributed by atoms with Gasteiger partial charge in [-0.15, -0.1) is 0 Å². The molecule has 23 heavy (non-hydrogen) atoms. The van der Waals surface area contributed by atoms with E-state index < -0.39 is 0 Å². The zero-order chi connectivity index (χ0) is 15.6. The van der Waals surface area contributed by atoms with Crippen molar-refractivity contribution in [2.24, 2.45) is 10.9 Å².